The lowest BCUT2D eigenvalue weighted by Crippen LogP contribution is -2.38. The summed E-state index contributed by atoms with van der Waals surface area (Å²) in [5.41, 5.74) is 3.41. The Bertz CT molecular complexity index is 1040. The number of anilines is 1. The highest BCUT2D eigenvalue weighted by Crippen LogP contribution is 2.30. The Balaban J connectivity index is 1.66. The van der Waals surface area contributed by atoms with Crippen LogP contribution in [0.5, 0.6) is 11.5 Å². The van der Waals surface area contributed by atoms with Crippen molar-refractivity contribution in [3.8, 4) is 22.6 Å². The molecule has 3 rings (SSSR count). The Hall–Kier alpha value is -3.31. The van der Waals surface area contributed by atoms with E-state index in [9.17, 15) is 4.79 Å². The van der Waals surface area contributed by atoms with E-state index in [1.165, 1.54) is 0 Å². The summed E-state index contributed by atoms with van der Waals surface area (Å²) in [7, 11) is 1.62. The van der Waals surface area contributed by atoms with E-state index in [4.69, 9.17) is 9.47 Å². The molecule has 1 amide bonds. The molecule has 180 valence electrons. The third-order valence-corrected chi connectivity index (χ3v) is 5.84. The van der Waals surface area contributed by atoms with Crippen molar-refractivity contribution < 1.29 is 14.3 Å². The number of rotatable bonds is 11. The summed E-state index contributed by atoms with van der Waals surface area (Å²) in [6, 6.07) is 24.1. The van der Waals surface area contributed by atoms with E-state index in [1.54, 1.807) is 7.11 Å². The molecule has 0 bridgehead atoms. The predicted molar refractivity (Wildman–Crippen MR) is 140 cm³/mol. The van der Waals surface area contributed by atoms with Gasteiger partial charge in [-0.3, -0.25) is 9.69 Å². The molecular formula is C29H36N2O3. The summed E-state index contributed by atoms with van der Waals surface area (Å²) in [6.45, 7) is 10.4. The number of amides is 1. The van der Waals surface area contributed by atoms with Gasteiger partial charge < -0.3 is 14.8 Å². The van der Waals surface area contributed by atoms with Crippen LogP contribution in [0.3, 0.4) is 0 Å². The normalized spacial score (nSPS) is 11.2. The second-order valence-corrected chi connectivity index (χ2v) is 8.89. The summed E-state index contributed by atoms with van der Waals surface area (Å²) in [6.07, 6.45) is 0.891. The van der Waals surface area contributed by atoms with Gasteiger partial charge in [0.15, 0.2) is 0 Å². The van der Waals surface area contributed by atoms with Crippen LogP contribution in [0.15, 0.2) is 72.8 Å². The van der Waals surface area contributed by atoms with Crippen molar-refractivity contribution in [2.75, 3.05) is 25.6 Å². The van der Waals surface area contributed by atoms with Gasteiger partial charge in [0.2, 0.25) is 0 Å². The van der Waals surface area contributed by atoms with Crippen LogP contribution in [0.25, 0.3) is 11.1 Å². The minimum Gasteiger partial charge on any atom is -0.497 e. The molecule has 0 aliphatic carbocycles. The van der Waals surface area contributed by atoms with E-state index in [2.05, 4.69) is 50.0 Å². The maximum atomic E-state index is 12.9. The first kappa shape index (κ1) is 25.3. The Morgan fingerprint density at radius 1 is 0.882 bits per heavy atom. The molecule has 5 heteroatoms. The number of carbonyl (C=O) groups excluding carboxylic acids is 1. The van der Waals surface area contributed by atoms with Crippen molar-refractivity contribution in [2.45, 2.75) is 46.2 Å². The highest BCUT2D eigenvalue weighted by Gasteiger charge is 2.14. The molecule has 0 aliphatic heterocycles. The fourth-order valence-electron chi connectivity index (χ4n) is 4.03. The number of ether oxygens (including phenoxy) is 2. The molecule has 34 heavy (non-hydrogen) atoms. The number of nitrogens with one attached hydrogen (secondary N) is 1. The number of hydrogen-bond acceptors (Lipinski definition) is 4. The second kappa shape index (κ2) is 12.2. The Kier molecular flexibility index (Phi) is 9.11. The lowest BCUT2D eigenvalue weighted by Gasteiger charge is -2.30. The summed E-state index contributed by atoms with van der Waals surface area (Å²) in [4.78, 5) is 15.4. The Labute approximate surface area is 203 Å². The average molecular weight is 461 g/mol. The minimum atomic E-state index is -0.180. The minimum absolute atomic E-state index is 0.180. The van der Waals surface area contributed by atoms with E-state index in [0.717, 1.165) is 24.1 Å². The van der Waals surface area contributed by atoms with Crippen LogP contribution >= 0.6 is 0 Å². The highest BCUT2D eigenvalue weighted by atomic mass is 16.5. The van der Waals surface area contributed by atoms with Gasteiger partial charge in [0.1, 0.15) is 11.5 Å². The monoisotopic (exact) mass is 460 g/mol. The molecule has 0 saturated heterocycles. The number of nitrogens with zero attached hydrogens (tertiary/aromatic N) is 1. The molecule has 0 radical (unpaired) electrons. The third-order valence-electron chi connectivity index (χ3n) is 5.84. The topological polar surface area (TPSA) is 50.8 Å². The van der Waals surface area contributed by atoms with Crippen molar-refractivity contribution in [2.24, 2.45) is 0 Å². The fraction of sp³-hybridized carbons (Fsp3) is 0.345. The van der Waals surface area contributed by atoms with E-state index in [-0.39, 0.29) is 5.91 Å². The Morgan fingerprint density at radius 2 is 1.53 bits per heavy atom. The first-order chi connectivity index (χ1) is 16.4. The zero-order valence-corrected chi connectivity index (χ0v) is 20.9. The lowest BCUT2D eigenvalue weighted by atomic mass is 10.0. The van der Waals surface area contributed by atoms with Crippen molar-refractivity contribution in [3.63, 3.8) is 0 Å². The van der Waals surface area contributed by atoms with Gasteiger partial charge in [-0.15, -0.1) is 0 Å². The number of carbonyl (C=O) groups is 1. The van der Waals surface area contributed by atoms with Gasteiger partial charge in [0.25, 0.3) is 5.91 Å². The standard InChI is InChI=1S/C29H36N2O3/c1-21(2)31(22(3)4)18-9-19-34-28-20-26(33-5)16-17-27(28)30-29(32)25-14-12-24(13-15-25)23-10-7-6-8-11-23/h6-8,10-17,20-22H,9,18-19H2,1-5H3,(H,30,32). The average Bonchev–Trinajstić information content (AvgIpc) is 2.84. The highest BCUT2D eigenvalue weighted by molar-refractivity contribution is 6.05. The molecule has 0 atom stereocenters. The van der Waals surface area contributed by atoms with Gasteiger partial charge in [-0.25, -0.2) is 0 Å². The van der Waals surface area contributed by atoms with Gasteiger partial charge in [0.05, 0.1) is 19.4 Å². The summed E-state index contributed by atoms with van der Waals surface area (Å²) in [5, 5.41) is 2.99. The van der Waals surface area contributed by atoms with Crippen molar-refractivity contribution >= 4 is 11.6 Å². The first-order valence-electron chi connectivity index (χ1n) is 11.9. The second-order valence-electron chi connectivity index (χ2n) is 8.89. The van der Waals surface area contributed by atoms with Crippen LogP contribution in [0.2, 0.25) is 0 Å². The van der Waals surface area contributed by atoms with E-state index < -0.39 is 0 Å². The van der Waals surface area contributed by atoms with Crippen molar-refractivity contribution in [1.82, 2.24) is 4.90 Å². The molecule has 0 heterocycles. The molecule has 0 spiro atoms. The Morgan fingerprint density at radius 3 is 2.15 bits per heavy atom. The number of methoxy groups -OCH3 is 1. The summed E-state index contributed by atoms with van der Waals surface area (Å²) < 4.78 is 11.4. The van der Waals surface area contributed by atoms with Crippen molar-refractivity contribution in [1.29, 1.82) is 0 Å². The van der Waals surface area contributed by atoms with E-state index in [1.807, 2.05) is 60.7 Å². The summed E-state index contributed by atoms with van der Waals surface area (Å²) >= 11 is 0. The van der Waals surface area contributed by atoms with Crippen LogP contribution in [-0.2, 0) is 0 Å². The molecule has 5 nitrogen and oxygen atoms in total. The lowest BCUT2D eigenvalue weighted by molar-refractivity contribution is 0.102. The predicted octanol–water partition coefficient (Wildman–Crippen LogP) is 6.50. The fourth-order valence-corrected chi connectivity index (χ4v) is 4.03. The maximum Gasteiger partial charge on any atom is 0.255 e. The van der Waals surface area contributed by atoms with Gasteiger partial charge in [-0.2, -0.15) is 0 Å². The molecule has 3 aromatic rings. The van der Waals surface area contributed by atoms with Crippen LogP contribution in [0.4, 0.5) is 5.69 Å². The third kappa shape index (κ3) is 6.84. The van der Waals surface area contributed by atoms with Crippen LogP contribution in [0.1, 0.15) is 44.5 Å². The zero-order chi connectivity index (χ0) is 24.5. The molecule has 0 fully saturated rings. The molecule has 0 saturated carbocycles. The zero-order valence-electron chi connectivity index (χ0n) is 20.9. The first-order valence-corrected chi connectivity index (χ1v) is 11.9. The molecule has 0 unspecified atom stereocenters. The van der Waals surface area contributed by atoms with Crippen LogP contribution in [-0.4, -0.2) is 43.2 Å². The van der Waals surface area contributed by atoms with Crippen molar-refractivity contribution in [3.05, 3.63) is 78.4 Å². The van der Waals surface area contributed by atoms with E-state index >= 15 is 0 Å². The van der Waals surface area contributed by atoms with Crippen LogP contribution < -0.4 is 14.8 Å². The maximum absolute atomic E-state index is 12.9. The van der Waals surface area contributed by atoms with Crippen LogP contribution in [0, 0.1) is 0 Å². The SMILES string of the molecule is COc1ccc(NC(=O)c2ccc(-c3ccccc3)cc2)c(OCCCN(C(C)C)C(C)C)c1. The number of hydrogen-bond donors (Lipinski definition) is 1. The molecule has 0 aromatic heterocycles. The van der Waals surface area contributed by atoms with Gasteiger partial charge in [-0.1, -0.05) is 42.5 Å². The molecule has 0 aliphatic rings. The van der Waals surface area contributed by atoms with Gasteiger partial charge in [0, 0.05) is 30.3 Å². The molecule has 3 aromatic carbocycles. The summed E-state index contributed by atoms with van der Waals surface area (Å²) in [5.74, 6) is 1.11. The largest absolute Gasteiger partial charge is 0.497 e. The molecular weight excluding hydrogens is 424 g/mol. The quantitative estimate of drug-likeness (QED) is 0.332. The smallest absolute Gasteiger partial charge is 0.255 e. The van der Waals surface area contributed by atoms with E-state index in [0.29, 0.717) is 41.4 Å². The van der Waals surface area contributed by atoms with Gasteiger partial charge >= 0.3 is 0 Å². The number of benzene rings is 3. The molecule has 1 N–H and O–H groups in total. The van der Waals surface area contributed by atoms with Gasteiger partial charge in [-0.05, 0) is 69.5 Å².